The molecule has 1 rings (SSSR count). The Bertz CT molecular complexity index is 245. The smallest absolute Gasteiger partial charge is 0.344 e. The summed E-state index contributed by atoms with van der Waals surface area (Å²) < 4.78 is 5.00. The molecule has 0 radical (unpaired) electrons. The van der Waals surface area contributed by atoms with Crippen LogP contribution in [0, 0.1) is 5.92 Å². The third-order valence-corrected chi connectivity index (χ3v) is 2.63. The van der Waals surface area contributed by atoms with Crippen molar-refractivity contribution in [2.24, 2.45) is 5.92 Å². The highest BCUT2D eigenvalue weighted by Crippen LogP contribution is 2.23. The summed E-state index contributed by atoms with van der Waals surface area (Å²) in [5.74, 6) is 1.51. The number of carbonyl (C=O) groups is 1. The van der Waals surface area contributed by atoms with Crippen LogP contribution in [0.4, 0.5) is 0 Å². The van der Waals surface area contributed by atoms with Crippen LogP contribution in [0.15, 0.2) is 5.57 Å². The Morgan fingerprint density at radius 2 is 2.00 bits per heavy atom. The van der Waals surface area contributed by atoms with Crippen molar-refractivity contribution >= 4 is 11.9 Å². The lowest BCUT2D eigenvalue weighted by Gasteiger charge is -2.20. The highest BCUT2D eigenvalue weighted by Gasteiger charge is 2.16. The molecule has 0 aromatic rings. The molecular weight excluding hydrogens is 180 g/mol. The van der Waals surface area contributed by atoms with Crippen molar-refractivity contribution in [3.05, 3.63) is 5.57 Å². The van der Waals surface area contributed by atoms with Crippen molar-refractivity contribution in [3.63, 3.8) is 0 Å². The van der Waals surface area contributed by atoms with E-state index < -0.39 is 5.97 Å². The lowest BCUT2D eigenvalue weighted by molar-refractivity contribution is -0.140. The minimum absolute atomic E-state index is 0.0285. The van der Waals surface area contributed by atoms with Gasteiger partial charge < -0.3 is 4.74 Å². The maximum atomic E-state index is 11.1. The molecule has 0 spiro atoms. The van der Waals surface area contributed by atoms with Gasteiger partial charge in [-0.2, -0.15) is 0 Å². The normalized spacial score (nSPS) is 17.2. The van der Waals surface area contributed by atoms with Crippen LogP contribution in [-0.4, -0.2) is 18.5 Å². The van der Waals surface area contributed by atoms with Gasteiger partial charge in [0.1, 0.15) is 11.5 Å². The zero-order chi connectivity index (χ0) is 10.4. The van der Waals surface area contributed by atoms with Gasteiger partial charge in [-0.05, 0) is 25.7 Å². The molecule has 0 amide bonds. The topological polar surface area (TPSA) is 43.4 Å². The predicted molar refractivity (Wildman–Crippen MR) is 52.4 cm³/mol. The zero-order valence-electron chi connectivity index (χ0n) is 8.54. The fourth-order valence-electron chi connectivity index (χ4n) is 1.70. The highest BCUT2D eigenvalue weighted by atomic mass is 16.5. The van der Waals surface area contributed by atoms with Crippen molar-refractivity contribution in [3.8, 4) is 0 Å². The first kappa shape index (κ1) is 11.0. The molecule has 0 N–H and O–H groups in total. The van der Waals surface area contributed by atoms with E-state index in [2.05, 4.69) is 0 Å². The Kier molecular flexibility index (Phi) is 4.41. The van der Waals surface area contributed by atoms with Crippen LogP contribution in [0.5, 0.6) is 0 Å². The van der Waals surface area contributed by atoms with Crippen molar-refractivity contribution in [1.29, 1.82) is 0 Å². The molecule has 0 bridgehead atoms. The van der Waals surface area contributed by atoms with E-state index in [1.165, 1.54) is 26.2 Å². The summed E-state index contributed by atoms with van der Waals surface area (Å²) in [5, 5.41) is 0. The Labute approximate surface area is 84.1 Å². The maximum Gasteiger partial charge on any atom is 0.344 e. The molecule has 0 aromatic carbocycles. The molecule has 1 aliphatic rings. The van der Waals surface area contributed by atoms with E-state index in [-0.39, 0.29) is 5.57 Å². The molecule has 0 aliphatic heterocycles. The first-order valence-electron chi connectivity index (χ1n) is 5.13. The van der Waals surface area contributed by atoms with Crippen molar-refractivity contribution in [1.82, 2.24) is 0 Å². The lowest BCUT2D eigenvalue weighted by atomic mass is 9.90. The molecule has 3 nitrogen and oxygen atoms in total. The van der Waals surface area contributed by atoms with Crippen molar-refractivity contribution < 1.29 is 14.3 Å². The molecule has 0 atom stereocenters. The summed E-state index contributed by atoms with van der Waals surface area (Å²) in [5.41, 5.74) is 0.0285. The summed E-state index contributed by atoms with van der Waals surface area (Å²) in [7, 11) is 0. The van der Waals surface area contributed by atoms with Gasteiger partial charge in [0, 0.05) is 0 Å². The molecule has 1 aliphatic carbocycles. The largest absolute Gasteiger partial charge is 0.462 e. The van der Waals surface area contributed by atoms with Crippen LogP contribution in [0.1, 0.15) is 39.0 Å². The van der Waals surface area contributed by atoms with Crippen molar-refractivity contribution in [2.45, 2.75) is 39.0 Å². The summed E-state index contributed by atoms with van der Waals surface area (Å²) >= 11 is 0. The van der Waals surface area contributed by atoms with Crippen LogP contribution in [-0.2, 0) is 14.3 Å². The molecule has 0 heterocycles. The number of rotatable bonds is 3. The minimum Gasteiger partial charge on any atom is -0.462 e. The van der Waals surface area contributed by atoms with Gasteiger partial charge in [-0.15, -0.1) is 0 Å². The van der Waals surface area contributed by atoms with E-state index in [1.54, 1.807) is 5.94 Å². The van der Waals surface area contributed by atoms with Crippen LogP contribution in [0.2, 0.25) is 0 Å². The molecular formula is C11H16O3. The number of esters is 1. The first-order valence-corrected chi connectivity index (χ1v) is 5.13. The minimum atomic E-state index is -0.523. The van der Waals surface area contributed by atoms with Crippen LogP contribution < -0.4 is 0 Å². The van der Waals surface area contributed by atoms with Gasteiger partial charge >= 0.3 is 5.97 Å². The summed E-state index contributed by atoms with van der Waals surface area (Å²) in [6, 6.07) is 0. The van der Waals surface area contributed by atoms with E-state index in [4.69, 9.17) is 4.74 Å². The van der Waals surface area contributed by atoms with E-state index in [9.17, 15) is 9.59 Å². The third-order valence-electron chi connectivity index (χ3n) is 2.63. The Hall–Kier alpha value is -1.08. The second-order valence-corrected chi connectivity index (χ2v) is 3.83. The number of ether oxygens (including phenoxy) is 1. The van der Waals surface area contributed by atoms with Gasteiger partial charge in [-0.3, -0.25) is 0 Å². The maximum absolute atomic E-state index is 11.1. The SMILES string of the molecule is CC(=C=O)C(=O)OCC1CCCCC1. The molecule has 0 aromatic heterocycles. The molecule has 14 heavy (non-hydrogen) atoms. The van der Waals surface area contributed by atoms with Gasteiger partial charge in [-0.1, -0.05) is 19.3 Å². The van der Waals surface area contributed by atoms with Gasteiger partial charge in [0.25, 0.3) is 0 Å². The van der Waals surface area contributed by atoms with Crippen LogP contribution >= 0.6 is 0 Å². The zero-order valence-corrected chi connectivity index (χ0v) is 8.54. The second kappa shape index (κ2) is 5.61. The quantitative estimate of drug-likeness (QED) is 0.393. The predicted octanol–water partition coefficient (Wildman–Crippen LogP) is 1.89. The fourth-order valence-corrected chi connectivity index (χ4v) is 1.70. The second-order valence-electron chi connectivity index (χ2n) is 3.83. The van der Waals surface area contributed by atoms with Crippen molar-refractivity contribution in [2.75, 3.05) is 6.61 Å². The lowest BCUT2D eigenvalue weighted by Crippen LogP contribution is -2.17. The Balaban J connectivity index is 2.25. The molecule has 3 heteroatoms. The number of hydrogen-bond acceptors (Lipinski definition) is 3. The van der Waals surface area contributed by atoms with Crippen LogP contribution in [0.3, 0.4) is 0 Å². The number of carbonyl (C=O) groups excluding carboxylic acids is 2. The monoisotopic (exact) mass is 196 g/mol. The summed E-state index contributed by atoms with van der Waals surface area (Å²) in [4.78, 5) is 21.2. The van der Waals surface area contributed by atoms with E-state index in [0.717, 1.165) is 12.8 Å². The van der Waals surface area contributed by atoms with E-state index in [0.29, 0.717) is 12.5 Å². The first-order chi connectivity index (χ1) is 6.74. The number of hydrogen-bond donors (Lipinski definition) is 0. The molecule has 78 valence electrons. The van der Waals surface area contributed by atoms with E-state index >= 15 is 0 Å². The summed E-state index contributed by atoms with van der Waals surface area (Å²) in [6.07, 6.45) is 6.02. The van der Waals surface area contributed by atoms with Crippen LogP contribution in [0.25, 0.3) is 0 Å². The van der Waals surface area contributed by atoms with E-state index in [1.807, 2.05) is 0 Å². The Morgan fingerprint density at radius 3 is 2.57 bits per heavy atom. The molecule has 1 saturated carbocycles. The fraction of sp³-hybridized carbons (Fsp3) is 0.727. The molecule has 0 saturated heterocycles. The molecule has 0 unspecified atom stereocenters. The van der Waals surface area contributed by atoms with Gasteiger partial charge in [0.2, 0.25) is 0 Å². The summed E-state index contributed by atoms with van der Waals surface area (Å²) in [6.45, 7) is 1.88. The third kappa shape index (κ3) is 3.35. The standard InChI is InChI=1S/C11H16O3/c1-9(7-12)11(13)14-8-10-5-3-2-4-6-10/h10H,2-6,8H2,1H3. The molecule has 1 fully saturated rings. The van der Waals surface area contributed by atoms with Gasteiger partial charge in [0.15, 0.2) is 0 Å². The van der Waals surface area contributed by atoms with Gasteiger partial charge in [0.05, 0.1) is 6.61 Å². The highest BCUT2D eigenvalue weighted by molar-refractivity contribution is 5.95. The average molecular weight is 196 g/mol. The average Bonchev–Trinajstić information content (AvgIpc) is 2.26. The van der Waals surface area contributed by atoms with Gasteiger partial charge in [-0.25, -0.2) is 9.59 Å². The Morgan fingerprint density at radius 1 is 1.36 bits per heavy atom.